The van der Waals surface area contributed by atoms with Gasteiger partial charge in [-0.2, -0.15) is 0 Å². The molecule has 0 aromatic carbocycles. The Morgan fingerprint density at radius 1 is 1.85 bits per heavy atom. The molecule has 1 saturated heterocycles. The summed E-state index contributed by atoms with van der Waals surface area (Å²) in [5.41, 5.74) is 7.51. The van der Waals surface area contributed by atoms with Crippen molar-refractivity contribution >= 4 is 5.97 Å². The Hall–Kier alpha value is -1.26. The molecule has 1 heterocycles. The van der Waals surface area contributed by atoms with Crippen molar-refractivity contribution in [1.82, 2.24) is 5.32 Å². The number of esters is 1. The largest absolute Gasteiger partial charge is 0.468 e. The van der Waals surface area contributed by atoms with Gasteiger partial charge in [0.05, 0.1) is 13.2 Å². The van der Waals surface area contributed by atoms with Gasteiger partial charge in [-0.1, -0.05) is 5.11 Å². The van der Waals surface area contributed by atoms with Gasteiger partial charge in [-0.3, -0.25) is 4.79 Å². The number of carbonyl (C=O) groups is 1. The predicted octanol–water partition coefficient (Wildman–Crippen LogP) is 0.590. The van der Waals surface area contributed by atoms with Gasteiger partial charge < -0.3 is 10.1 Å². The van der Waals surface area contributed by atoms with Crippen molar-refractivity contribution in [1.29, 1.82) is 0 Å². The monoisotopic (exact) mass is 184 g/mol. The number of azide groups is 1. The van der Waals surface area contributed by atoms with Crippen LogP contribution in [0.5, 0.6) is 0 Å². The quantitative estimate of drug-likeness (QED) is 0.295. The van der Waals surface area contributed by atoms with E-state index < -0.39 is 5.54 Å². The van der Waals surface area contributed by atoms with Crippen molar-refractivity contribution in [3.8, 4) is 0 Å². The smallest absolute Gasteiger partial charge is 0.325 e. The maximum absolute atomic E-state index is 11.3. The Morgan fingerprint density at radius 3 is 3.08 bits per heavy atom. The first-order valence-corrected chi connectivity index (χ1v) is 4.00. The highest BCUT2D eigenvalue weighted by Gasteiger charge is 2.41. The van der Waals surface area contributed by atoms with E-state index in [2.05, 4.69) is 20.1 Å². The Balaban J connectivity index is 2.66. The molecule has 72 valence electrons. The molecule has 0 aliphatic carbocycles. The zero-order valence-corrected chi connectivity index (χ0v) is 7.65. The predicted molar refractivity (Wildman–Crippen MR) is 46.0 cm³/mol. The van der Waals surface area contributed by atoms with E-state index in [-0.39, 0.29) is 12.0 Å². The van der Waals surface area contributed by atoms with Gasteiger partial charge in [-0.05, 0) is 18.9 Å². The normalized spacial score (nSPS) is 32.3. The van der Waals surface area contributed by atoms with E-state index in [1.165, 1.54) is 7.11 Å². The first-order chi connectivity index (χ1) is 6.12. The summed E-state index contributed by atoms with van der Waals surface area (Å²) in [6, 6.07) is -0.158. The Morgan fingerprint density at radius 2 is 2.54 bits per heavy atom. The first-order valence-electron chi connectivity index (χ1n) is 4.00. The summed E-state index contributed by atoms with van der Waals surface area (Å²) < 4.78 is 4.63. The third kappa shape index (κ3) is 1.91. The van der Waals surface area contributed by atoms with Gasteiger partial charge in [0, 0.05) is 11.5 Å². The molecule has 6 nitrogen and oxygen atoms in total. The molecule has 0 radical (unpaired) electrons. The minimum atomic E-state index is -0.701. The van der Waals surface area contributed by atoms with Crippen LogP contribution < -0.4 is 5.32 Å². The van der Waals surface area contributed by atoms with Crippen molar-refractivity contribution in [3.63, 3.8) is 0 Å². The lowest BCUT2D eigenvalue weighted by molar-refractivity contribution is -0.147. The number of nitrogens with zero attached hydrogens (tertiary/aromatic N) is 3. The highest BCUT2D eigenvalue weighted by Crippen LogP contribution is 2.22. The van der Waals surface area contributed by atoms with Crippen LogP contribution in [-0.2, 0) is 9.53 Å². The van der Waals surface area contributed by atoms with Crippen LogP contribution in [0.4, 0.5) is 0 Å². The summed E-state index contributed by atoms with van der Waals surface area (Å²) in [6.07, 6.45) is 0.490. The fraction of sp³-hybridized carbons (Fsp3) is 0.857. The first kappa shape index (κ1) is 9.83. The van der Waals surface area contributed by atoms with Crippen molar-refractivity contribution in [2.75, 3.05) is 13.7 Å². The molecular formula is C7H12N4O2. The second-order valence-corrected chi connectivity index (χ2v) is 3.27. The second kappa shape index (κ2) is 3.64. The molecule has 0 amide bonds. The molecule has 0 aromatic heterocycles. The molecule has 0 bridgehead atoms. The van der Waals surface area contributed by atoms with Crippen LogP contribution >= 0.6 is 0 Å². The third-order valence-corrected chi connectivity index (χ3v) is 2.22. The standard InChI is InChI=1S/C7H12N4O2/c1-7(6(12)13-2)3-5(4-9-7)10-11-8/h5,9H,3-4H2,1-2H3/t5-,7-/m0/s1. The third-order valence-electron chi connectivity index (χ3n) is 2.22. The van der Waals surface area contributed by atoms with E-state index >= 15 is 0 Å². The molecule has 1 aliphatic rings. The van der Waals surface area contributed by atoms with E-state index in [9.17, 15) is 4.79 Å². The summed E-state index contributed by atoms with van der Waals surface area (Å²) in [7, 11) is 1.34. The molecule has 13 heavy (non-hydrogen) atoms. The minimum absolute atomic E-state index is 0.158. The van der Waals surface area contributed by atoms with Crippen LogP contribution in [0.15, 0.2) is 5.11 Å². The molecule has 6 heteroatoms. The van der Waals surface area contributed by atoms with E-state index in [1.54, 1.807) is 6.92 Å². The van der Waals surface area contributed by atoms with Crippen LogP contribution in [0.25, 0.3) is 10.4 Å². The zero-order chi connectivity index (χ0) is 9.90. The molecule has 0 saturated carbocycles. The number of ether oxygens (including phenoxy) is 1. The van der Waals surface area contributed by atoms with E-state index in [0.717, 1.165) is 0 Å². The lowest BCUT2D eigenvalue weighted by atomic mass is 9.99. The Labute approximate surface area is 75.9 Å². The number of hydrogen-bond donors (Lipinski definition) is 1. The minimum Gasteiger partial charge on any atom is -0.468 e. The van der Waals surface area contributed by atoms with Gasteiger partial charge in [0.15, 0.2) is 0 Å². The summed E-state index contributed by atoms with van der Waals surface area (Å²) >= 11 is 0. The SMILES string of the molecule is COC(=O)[C@]1(C)C[C@H](N=[N+]=[N-])CN1. The molecule has 2 atom stereocenters. The lowest BCUT2D eigenvalue weighted by Gasteiger charge is -2.20. The maximum Gasteiger partial charge on any atom is 0.325 e. The fourth-order valence-corrected chi connectivity index (χ4v) is 1.49. The lowest BCUT2D eigenvalue weighted by Crippen LogP contribution is -2.45. The number of hydrogen-bond acceptors (Lipinski definition) is 4. The highest BCUT2D eigenvalue weighted by molar-refractivity contribution is 5.80. The summed E-state index contributed by atoms with van der Waals surface area (Å²) in [5, 5.41) is 6.53. The second-order valence-electron chi connectivity index (χ2n) is 3.27. The van der Waals surface area contributed by atoms with E-state index in [1.807, 2.05) is 0 Å². The Bertz CT molecular complexity index is 261. The van der Waals surface area contributed by atoms with Gasteiger partial charge in [-0.25, -0.2) is 0 Å². The van der Waals surface area contributed by atoms with Crippen LogP contribution in [0, 0.1) is 0 Å². The molecule has 0 aromatic rings. The van der Waals surface area contributed by atoms with Crippen LogP contribution in [0.2, 0.25) is 0 Å². The number of nitrogens with one attached hydrogen (secondary N) is 1. The van der Waals surface area contributed by atoms with Gasteiger partial charge >= 0.3 is 5.97 Å². The molecule has 1 rings (SSSR count). The molecule has 1 N–H and O–H groups in total. The molecule has 1 aliphatic heterocycles. The topological polar surface area (TPSA) is 87.1 Å². The van der Waals surface area contributed by atoms with Gasteiger partial charge in [0.2, 0.25) is 0 Å². The number of methoxy groups -OCH3 is 1. The van der Waals surface area contributed by atoms with Gasteiger partial charge in [0.1, 0.15) is 5.54 Å². The Kier molecular flexibility index (Phi) is 2.75. The van der Waals surface area contributed by atoms with Crippen LogP contribution in [-0.4, -0.2) is 31.2 Å². The van der Waals surface area contributed by atoms with Crippen LogP contribution in [0.3, 0.4) is 0 Å². The molecule has 1 fully saturated rings. The van der Waals surface area contributed by atoms with Crippen molar-refractivity contribution in [3.05, 3.63) is 10.4 Å². The summed E-state index contributed by atoms with van der Waals surface area (Å²) in [6.45, 7) is 2.27. The van der Waals surface area contributed by atoms with E-state index in [0.29, 0.717) is 13.0 Å². The van der Waals surface area contributed by atoms with Crippen LogP contribution in [0.1, 0.15) is 13.3 Å². The average molecular weight is 184 g/mol. The van der Waals surface area contributed by atoms with Gasteiger partial charge in [-0.15, -0.1) is 0 Å². The van der Waals surface area contributed by atoms with Crippen molar-refractivity contribution < 1.29 is 9.53 Å². The van der Waals surface area contributed by atoms with Crippen molar-refractivity contribution in [2.45, 2.75) is 24.9 Å². The maximum atomic E-state index is 11.3. The summed E-state index contributed by atoms with van der Waals surface area (Å²) in [4.78, 5) is 14.0. The number of rotatable bonds is 2. The molecular weight excluding hydrogens is 172 g/mol. The summed E-state index contributed by atoms with van der Waals surface area (Å²) in [5.74, 6) is -0.317. The zero-order valence-electron chi connectivity index (χ0n) is 7.65. The molecule has 0 unspecified atom stereocenters. The van der Waals surface area contributed by atoms with Crippen molar-refractivity contribution in [2.24, 2.45) is 5.11 Å². The highest BCUT2D eigenvalue weighted by atomic mass is 16.5. The fourth-order valence-electron chi connectivity index (χ4n) is 1.49. The molecule has 0 spiro atoms. The van der Waals surface area contributed by atoms with E-state index in [4.69, 9.17) is 5.53 Å². The average Bonchev–Trinajstić information content (AvgIpc) is 2.48. The number of carbonyl (C=O) groups excluding carboxylic acids is 1. The van der Waals surface area contributed by atoms with Gasteiger partial charge in [0.25, 0.3) is 0 Å².